The standard InChI is InChI=1S/C16H23NO/c1-18-16-10-3-2-7-14(16)13-8-6-12-17-11-5-4-9-15(13)17/h2-3,7,10,13,15H,4-6,8-9,11-12H2,1H3. The lowest BCUT2D eigenvalue weighted by Crippen LogP contribution is -2.46. The first-order valence-electron chi connectivity index (χ1n) is 7.27. The van der Waals surface area contributed by atoms with Gasteiger partial charge in [0.15, 0.2) is 0 Å². The van der Waals surface area contributed by atoms with Crippen LogP contribution < -0.4 is 4.74 Å². The van der Waals surface area contributed by atoms with Crippen molar-refractivity contribution < 1.29 is 4.74 Å². The molecular weight excluding hydrogens is 222 g/mol. The zero-order chi connectivity index (χ0) is 12.4. The van der Waals surface area contributed by atoms with Crippen molar-refractivity contribution in [2.75, 3.05) is 20.2 Å². The third-order valence-corrected chi connectivity index (χ3v) is 4.63. The average Bonchev–Trinajstić information content (AvgIpc) is 2.46. The van der Waals surface area contributed by atoms with E-state index in [1.54, 1.807) is 7.11 Å². The molecule has 2 aliphatic rings. The summed E-state index contributed by atoms with van der Waals surface area (Å²) in [6.07, 6.45) is 6.80. The van der Waals surface area contributed by atoms with Gasteiger partial charge in [-0.3, -0.25) is 4.90 Å². The van der Waals surface area contributed by atoms with Gasteiger partial charge in [0.05, 0.1) is 7.11 Å². The van der Waals surface area contributed by atoms with E-state index in [-0.39, 0.29) is 0 Å². The van der Waals surface area contributed by atoms with Gasteiger partial charge in [0.25, 0.3) is 0 Å². The number of hydrogen-bond donors (Lipinski definition) is 0. The third-order valence-electron chi connectivity index (χ3n) is 4.63. The average molecular weight is 245 g/mol. The van der Waals surface area contributed by atoms with Crippen LogP contribution in [-0.4, -0.2) is 31.1 Å². The summed E-state index contributed by atoms with van der Waals surface area (Å²) in [7, 11) is 1.79. The summed E-state index contributed by atoms with van der Waals surface area (Å²) in [6.45, 7) is 2.60. The Morgan fingerprint density at radius 3 is 2.78 bits per heavy atom. The fourth-order valence-electron chi connectivity index (χ4n) is 3.79. The predicted molar refractivity (Wildman–Crippen MR) is 74.2 cm³/mol. The van der Waals surface area contributed by atoms with Crippen molar-refractivity contribution in [3.05, 3.63) is 29.8 Å². The molecule has 0 spiro atoms. The molecule has 2 heterocycles. The molecule has 1 aromatic carbocycles. The Balaban J connectivity index is 1.89. The zero-order valence-corrected chi connectivity index (χ0v) is 11.3. The van der Waals surface area contributed by atoms with Gasteiger partial charge in [-0.1, -0.05) is 24.6 Å². The first-order chi connectivity index (χ1) is 8.90. The van der Waals surface area contributed by atoms with E-state index in [1.807, 2.05) is 0 Å². The monoisotopic (exact) mass is 245 g/mol. The predicted octanol–water partition coefficient (Wildman–Crippen LogP) is 3.43. The van der Waals surface area contributed by atoms with E-state index in [4.69, 9.17) is 4.74 Å². The van der Waals surface area contributed by atoms with E-state index >= 15 is 0 Å². The first-order valence-corrected chi connectivity index (χ1v) is 7.27. The van der Waals surface area contributed by atoms with Gasteiger partial charge in [-0.2, -0.15) is 0 Å². The highest BCUT2D eigenvalue weighted by atomic mass is 16.5. The van der Waals surface area contributed by atoms with Crippen molar-refractivity contribution in [1.29, 1.82) is 0 Å². The molecule has 98 valence electrons. The van der Waals surface area contributed by atoms with Crippen LogP contribution in [0.25, 0.3) is 0 Å². The second kappa shape index (κ2) is 5.31. The van der Waals surface area contributed by atoms with Gasteiger partial charge in [-0.15, -0.1) is 0 Å². The lowest BCUT2D eigenvalue weighted by atomic mass is 9.79. The van der Waals surface area contributed by atoms with Crippen molar-refractivity contribution in [2.45, 2.75) is 44.1 Å². The molecule has 2 saturated heterocycles. The Hall–Kier alpha value is -1.02. The number of nitrogens with zero attached hydrogens (tertiary/aromatic N) is 1. The number of para-hydroxylation sites is 1. The highest BCUT2D eigenvalue weighted by Gasteiger charge is 2.34. The van der Waals surface area contributed by atoms with E-state index in [0.29, 0.717) is 5.92 Å². The molecule has 0 radical (unpaired) electrons. The molecule has 0 aliphatic carbocycles. The van der Waals surface area contributed by atoms with Crippen molar-refractivity contribution in [3.8, 4) is 5.75 Å². The molecule has 2 fully saturated rings. The van der Waals surface area contributed by atoms with Gasteiger partial charge < -0.3 is 4.74 Å². The van der Waals surface area contributed by atoms with Crippen molar-refractivity contribution in [2.24, 2.45) is 0 Å². The van der Waals surface area contributed by atoms with Crippen LogP contribution in [-0.2, 0) is 0 Å². The Kier molecular flexibility index (Phi) is 3.55. The molecule has 2 nitrogen and oxygen atoms in total. The Morgan fingerprint density at radius 1 is 1.06 bits per heavy atom. The van der Waals surface area contributed by atoms with Crippen molar-refractivity contribution >= 4 is 0 Å². The molecule has 3 rings (SSSR count). The van der Waals surface area contributed by atoms with Gasteiger partial charge in [-0.05, 0) is 50.4 Å². The maximum absolute atomic E-state index is 5.56. The van der Waals surface area contributed by atoms with Crippen LogP contribution in [0, 0.1) is 0 Å². The summed E-state index contributed by atoms with van der Waals surface area (Å²) in [5, 5.41) is 0. The van der Waals surface area contributed by atoms with E-state index in [1.165, 1.54) is 50.8 Å². The maximum Gasteiger partial charge on any atom is 0.122 e. The van der Waals surface area contributed by atoms with Crippen molar-refractivity contribution in [1.82, 2.24) is 4.90 Å². The molecule has 0 aromatic heterocycles. The summed E-state index contributed by atoms with van der Waals surface area (Å²) in [5.41, 5.74) is 1.43. The summed E-state index contributed by atoms with van der Waals surface area (Å²) in [4.78, 5) is 2.71. The Bertz CT molecular complexity index is 402. The lowest BCUT2D eigenvalue weighted by molar-refractivity contribution is 0.0885. The number of rotatable bonds is 2. The normalized spacial score (nSPS) is 28.7. The van der Waals surface area contributed by atoms with Gasteiger partial charge in [-0.25, -0.2) is 0 Å². The first kappa shape index (κ1) is 12.0. The largest absolute Gasteiger partial charge is 0.496 e. The Labute approximate surface area is 110 Å². The molecule has 0 saturated carbocycles. The van der Waals surface area contributed by atoms with Gasteiger partial charge in [0, 0.05) is 12.0 Å². The molecule has 18 heavy (non-hydrogen) atoms. The minimum absolute atomic E-state index is 0.676. The van der Waals surface area contributed by atoms with Crippen LogP contribution in [0.3, 0.4) is 0 Å². The number of fused-ring (bicyclic) bond motifs is 1. The van der Waals surface area contributed by atoms with Crippen LogP contribution >= 0.6 is 0 Å². The maximum atomic E-state index is 5.56. The summed E-state index contributed by atoms with van der Waals surface area (Å²) < 4.78 is 5.56. The third kappa shape index (κ3) is 2.14. The molecule has 1 aromatic rings. The SMILES string of the molecule is COc1ccccc1C1CCCN2CCCCC12. The van der Waals surface area contributed by atoms with Gasteiger partial charge in [0.1, 0.15) is 5.75 Å². The van der Waals surface area contributed by atoms with E-state index in [2.05, 4.69) is 29.2 Å². The summed E-state index contributed by atoms with van der Waals surface area (Å²) >= 11 is 0. The molecule has 2 aliphatic heterocycles. The van der Waals surface area contributed by atoms with Gasteiger partial charge in [0.2, 0.25) is 0 Å². The summed E-state index contributed by atoms with van der Waals surface area (Å²) in [6, 6.07) is 9.35. The second-order valence-corrected chi connectivity index (χ2v) is 5.59. The van der Waals surface area contributed by atoms with Crippen LogP contribution in [0.15, 0.2) is 24.3 Å². The Morgan fingerprint density at radius 2 is 1.89 bits per heavy atom. The quantitative estimate of drug-likeness (QED) is 0.791. The minimum Gasteiger partial charge on any atom is -0.496 e. The highest BCUT2D eigenvalue weighted by Crippen LogP contribution is 2.40. The molecule has 2 atom stereocenters. The fourth-order valence-corrected chi connectivity index (χ4v) is 3.79. The molecule has 2 heteroatoms. The number of piperidine rings is 2. The van der Waals surface area contributed by atoms with Gasteiger partial charge >= 0.3 is 0 Å². The number of benzene rings is 1. The van der Waals surface area contributed by atoms with E-state index in [0.717, 1.165) is 11.8 Å². The smallest absolute Gasteiger partial charge is 0.122 e. The van der Waals surface area contributed by atoms with Crippen molar-refractivity contribution in [3.63, 3.8) is 0 Å². The lowest BCUT2D eigenvalue weighted by Gasteiger charge is -2.44. The van der Waals surface area contributed by atoms with Crippen LogP contribution in [0.1, 0.15) is 43.6 Å². The number of hydrogen-bond acceptors (Lipinski definition) is 2. The van der Waals surface area contributed by atoms with Crippen LogP contribution in [0.2, 0.25) is 0 Å². The van der Waals surface area contributed by atoms with Crippen LogP contribution in [0.4, 0.5) is 0 Å². The van der Waals surface area contributed by atoms with E-state index in [9.17, 15) is 0 Å². The number of ether oxygens (including phenoxy) is 1. The molecule has 2 unspecified atom stereocenters. The molecular formula is C16H23NO. The van der Waals surface area contributed by atoms with E-state index < -0.39 is 0 Å². The summed E-state index contributed by atoms with van der Waals surface area (Å²) in [5.74, 6) is 1.75. The topological polar surface area (TPSA) is 12.5 Å². The fraction of sp³-hybridized carbons (Fsp3) is 0.625. The van der Waals surface area contributed by atoms with Crippen LogP contribution in [0.5, 0.6) is 5.75 Å². The molecule has 0 bridgehead atoms. The minimum atomic E-state index is 0.676. The molecule has 0 amide bonds. The number of methoxy groups -OCH3 is 1. The second-order valence-electron chi connectivity index (χ2n) is 5.59. The highest BCUT2D eigenvalue weighted by molar-refractivity contribution is 5.37. The molecule has 0 N–H and O–H groups in total. The zero-order valence-electron chi connectivity index (χ0n) is 11.3.